The van der Waals surface area contributed by atoms with Crippen LogP contribution in [0.4, 0.5) is 0 Å². The molecule has 0 fully saturated rings. The summed E-state index contributed by atoms with van der Waals surface area (Å²) in [5.41, 5.74) is 0. The number of methoxy groups -OCH3 is 1. The van der Waals surface area contributed by atoms with E-state index in [0.717, 1.165) is 0 Å². The fourth-order valence-corrected chi connectivity index (χ4v) is 1.42. The molecule has 16 heavy (non-hydrogen) atoms. The fraction of sp³-hybridized carbons (Fsp3) is 1.00. The van der Waals surface area contributed by atoms with Crippen LogP contribution in [-0.2, 0) is 9.47 Å². The molecule has 0 aliphatic carbocycles. The third kappa shape index (κ3) is 7.17. The van der Waals surface area contributed by atoms with Crippen molar-refractivity contribution in [3.05, 3.63) is 0 Å². The third-order valence-electron chi connectivity index (χ3n) is 2.90. The highest BCUT2D eigenvalue weighted by molar-refractivity contribution is 4.70. The average Bonchev–Trinajstić information content (AvgIpc) is 2.23. The molecule has 4 heteroatoms. The Hall–Kier alpha value is -0.160. The Morgan fingerprint density at radius 3 is 2.31 bits per heavy atom. The monoisotopic (exact) mass is 233 g/mol. The van der Waals surface area contributed by atoms with Gasteiger partial charge in [-0.3, -0.25) is 0 Å². The van der Waals surface area contributed by atoms with Crippen LogP contribution in [-0.4, -0.2) is 62.7 Å². The molecule has 0 aliphatic rings. The van der Waals surface area contributed by atoms with Gasteiger partial charge < -0.3 is 19.5 Å². The van der Waals surface area contributed by atoms with Crippen LogP contribution < -0.4 is 0 Å². The van der Waals surface area contributed by atoms with Crippen LogP contribution in [0.25, 0.3) is 0 Å². The first-order valence-corrected chi connectivity index (χ1v) is 5.94. The van der Waals surface area contributed by atoms with E-state index in [9.17, 15) is 5.11 Å². The minimum absolute atomic E-state index is 0.374. The smallest absolute Gasteiger partial charge is 0.0900 e. The largest absolute Gasteiger partial charge is 0.389 e. The summed E-state index contributed by atoms with van der Waals surface area (Å²) >= 11 is 0. The highest BCUT2D eigenvalue weighted by Gasteiger charge is 2.16. The Balaban J connectivity index is 3.65. The Morgan fingerprint density at radius 1 is 1.19 bits per heavy atom. The van der Waals surface area contributed by atoms with Crippen molar-refractivity contribution in [2.45, 2.75) is 32.9 Å². The van der Waals surface area contributed by atoms with E-state index in [0.29, 0.717) is 38.3 Å². The SMILES string of the molecule is COCCOCC(O)CN(C)C(C)C(C)C. The number of aliphatic hydroxyl groups excluding tert-OH is 1. The zero-order valence-electron chi connectivity index (χ0n) is 11.3. The van der Waals surface area contributed by atoms with Crippen molar-refractivity contribution in [3.8, 4) is 0 Å². The number of rotatable bonds is 9. The first-order chi connectivity index (χ1) is 7.49. The molecule has 98 valence electrons. The van der Waals surface area contributed by atoms with Gasteiger partial charge in [0.1, 0.15) is 0 Å². The Bertz CT molecular complexity index is 164. The van der Waals surface area contributed by atoms with Gasteiger partial charge in [-0.2, -0.15) is 0 Å². The highest BCUT2D eigenvalue weighted by atomic mass is 16.5. The first-order valence-electron chi connectivity index (χ1n) is 5.94. The van der Waals surface area contributed by atoms with Crippen molar-refractivity contribution in [2.75, 3.05) is 40.5 Å². The number of hydrogen-bond donors (Lipinski definition) is 1. The van der Waals surface area contributed by atoms with Gasteiger partial charge in [-0.15, -0.1) is 0 Å². The molecule has 2 atom stereocenters. The van der Waals surface area contributed by atoms with Gasteiger partial charge in [-0.05, 0) is 19.9 Å². The van der Waals surface area contributed by atoms with Crippen molar-refractivity contribution < 1.29 is 14.6 Å². The fourth-order valence-electron chi connectivity index (χ4n) is 1.42. The lowest BCUT2D eigenvalue weighted by molar-refractivity contribution is -0.00371. The van der Waals surface area contributed by atoms with Gasteiger partial charge in [-0.25, -0.2) is 0 Å². The summed E-state index contributed by atoms with van der Waals surface area (Å²) in [5.74, 6) is 0.589. The first kappa shape index (κ1) is 15.8. The van der Waals surface area contributed by atoms with Crippen LogP contribution in [0.1, 0.15) is 20.8 Å². The predicted octanol–water partition coefficient (Wildman–Crippen LogP) is 0.987. The van der Waals surface area contributed by atoms with Gasteiger partial charge in [0, 0.05) is 19.7 Å². The normalized spacial score (nSPS) is 15.8. The van der Waals surface area contributed by atoms with Crippen molar-refractivity contribution in [1.29, 1.82) is 0 Å². The molecule has 0 aromatic heterocycles. The summed E-state index contributed by atoms with van der Waals surface area (Å²) in [4.78, 5) is 2.16. The zero-order valence-corrected chi connectivity index (χ0v) is 11.3. The molecule has 1 N–H and O–H groups in total. The lowest BCUT2D eigenvalue weighted by Gasteiger charge is -2.29. The average molecular weight is 233 g/mol. The molecule has 0 rings (SSSR count). The van der Waals surface area contributed by atoms with E-state index in [1.165, 1.54) is 0 Å². The van der Waals surface area contributed by atoms with Gasteiger partial charge in [-0.1, -0.05) is 13.8 Å². The van der Waals surface area contributed by atoms with Gasteiger partial charge >= 0.3 is 0 Å². The maximum absolute atomic E-state index is 9.74. The van der Waals surface area contributed by atoms with Crippen LogP contribution in [0, 0.1) is 5.92 Å². The number of hydrogen-bond acceptors (Lipinski definition) is 4. The van der Waals surface area contributed by atoms with Gasteiger partial charge in [0.2, 0.25) is 0 Å². The molecule has 0 radical (unpaired) electrons. The summed E-state index contributed by atoms with van der Waals surface area (Å²) in [5, 5.41) is 9.74. The third-order valence-corrected chi connectivity index (χ3v) is 2.90. The molecule has 2 unspecified atom stereocenters. The van der Waals surface area contributed by atoms with Crippen LogP contribution in [0.5, 0.6) is 0 Å². The molecule has 0 aromatic carbocycles. The standard InChI is InChI=1S/C12H27NO3/c1-10(2)11(3)13(4)8-12(14)9-16-7-6-15-5/h10-12,14H,6-9H2,1-5H3. The Labute approximate surface area is 99.5 Å². The van der Waals surface area contributed by atoms with Crippen molar-refractivity contribution in [1.82, 2.24) is 4.90 Å². The summed E-state index contributed by atoms with van der Waals surface area (Å²) in [6.45, 7) is 8.67. The quantitative estimate of drug-likeness (QED) is 0.603. The van der Waals surface area contributed by atoms with E-state index in [1.54, 1.807) is 7.11 Å². The van der Waals surface area contributed by atoms with E-state index in [2.05, 4.69) is 25.7 Å². The molecule has 0 spiro atoms. The maximum Gasteiger partial charge on any atom is 0.0900 e. The number of likely N-dealkylation sites (N-methyl/N-ethyl adjacent to an activating group) is 1. The van der Waals surface area contributed by atoms with E-state index in [-0.39, 0.29) is 0 Å². The van der Waals surface area contributed by atoms with Crippen molar-refractivity contribution in [2.24, 2.45) is 5.92 Å². The Morgan fingerprint density at radius 2 is 1.81 bits per heavy atom. The lowest BCUT2D eigenvalue weighted by atomic mass is 10.1. The minimum Gasteiger partial charge on any atom is -0.389 e. The molecule has 0 aliphatic heterocycles. The molecular weight excluding hydrogens is 206 g/mol. The molecular formula is C12H27NO3. The molecule has 0 bridgehead atoms. The second kappa shape index (κ2) is 8.93. The van der Waals surface area contributed by atoms with Crippen molar-refractivity contribution >= 4 is 0 Å². The zero-order chi connectivity index (χ0) is 12.6. The van der Waals surface area contributed by atoms with E-state index in [1.807, 2.05) is 7.05 Å². The van der Waals surface area contributed by atoms with Gasteiger partial charge in [0.25, 0.3) is 0 Å². The molecule has 0 heterocycles. The summed E-state index contributed by atoms with van der Waals surface area (Å²) in [7, 11) is 3.67. The second-order valence-electron chi connectivity index (χ2n) is 4.65. The molecule has 4 nitrogen and oxygen atoms in total. The summed E-state index contributed by atoms with van der Waals surface area (Å²) in [6, 6.07) is 0.466. The van der Waals surface area contributed by atoms with Crippen LogP contribution in [0.15, 0.2) is 0 Å². The van der Waals surface area contributed by atoms with E-state index >= 15 is 0 Å². The lowest BCUT2D eigenvalue weighted by Crippen LogP contribution is -2.40. The van der Waals surface area contributed by atoms with Gasteiger partial charge in [0.15, 0.2) is 0 Å². The summed E-state index contributed by atoms with van der Waals surface area (Å²) < 4.78 is 10.1. The summed E-state index contributed by atoms with van der Waals surface area (Å²) in [6.07, 6.45) is -0.428. The molecule has 0 saturated heterocycles. The van der Waals surface area contributed by atoms with E-state index < -0.39 is 6.10 Å². The number of ether oxygens (including phenoxy) is 2. The van der Waals surface area contributed by atoms with Crippen LogP contribution in [0.3, 0.4) is 0 Å². The highest BCUT2D eigenvalue weighted by Crippen LogP contribution is 2.08. The van der Waals surface area contributed by atoms with Crippen LogP contribution in [0.2, 0.25) is 0 Å². The van der Waals surface area contributed by atoms with Gasteiger partial charge in [0.05, 0.1) is 25.9 Å². The number of nitrogens with zero attached hydrogens (tertiary/aromatic N) is 1. The molecule has 0 aromatic rings. The number of aliphatic hydroxyl groups is 1. The molecule has 0 saturated carbocycles. The Kier molecular flexibility index (Phi) is 8.84. The minimum atomic E-state index is -0.428. The van der Waals surface area contributed by atoms with Crippen LogP contribution >= 0.6 is 0 Å². The second-order valence-corrected chi connectivity index (χ2v) is 4.65. The van der Waals surface area contributed by atoms with Crippen molar-refractivity contribution in [3.63, 3.8) is 0 Å². The maximum atomic E-state index is 9.74. The predicted molar refractivity (Wildman–Crippen MR) is 65.6 cm³/mol. The topological polar surface area (TPSA) is 41.9 Å². The molecule has 0 amide bonds. The van der Waals surface area contributed by atoms with E-state index in [4.69, 9.17) is 9.47 Å².